The molecule has 1 aliphatic carbocycles. The fourth-order valence-corrected chi connectivity index (χ4v) is 3.95. The van der Waals surface area contributed by atoms with Gasteiger partial charge in [-0.2, -0.15) is 8.78 Å². The van der Waals surface area contributed by atoms with Crippen molar-refractivity contribution >= 4 is 11.8 Å². The number of esters is 1. The van der Waals surface area contributed by atoms with Crippen LogP contribution in [0.5, 0.6) is 5.75 Å². The molecular formula is C27H37F5O8. The molecule has 1 aromatic rings. The van der Waals surface area contributed by atoms with E-state index in [2.05, 4.69) is 4.74 Å². The van der Waals surface area contributed by atoms with Crippen LogP contribution in [0.2, 0.25) is 0 Å². The van der Waals surface area contributed by atoms with Gasteiger partial charge in [0, 0.05) is 12.3 Å². The van der Waals surface area contributed by atoms with Crippen LogP contribution < -0.4 is 4.74 Å². The summed E-state index contributed by atoms with van der Waals surface area (Å²) < 4.78 is 97.1. The van der Waals surface area contributed by atoms with Crippen molar-refractivity contribution in [3.8, 4) is 5.75 Å². The van der Waals surface area contributed by atoms with Crippen molar-refractivity contribution < 1.29 is 60.0 Å². The van der Waals surface area contributed by atoms with Crippen LogP contribution >= 0.6 is 0 Å². The number of rotatable bonds is 20. The van der Waals surface area contributed by atoms with Gasteiger partial charge in [-0.15, -0.1) is 0 Å². The second-order valence-corrected chi connectivity index (χ2v) is 9.09. The average molecular weight is 585 g/mol. The summed E-state index contributed by atoms with van der Waals surface area (Å²) in [7, 11) is 0. The molecule has 0 unspecified atom stereocenters. The summed E-state index contributed by atoms with van der Waals surface area (Å²) in [5.74, 6) is -13.6. The first kappa shape index (κ1) is 34.0. The molecule has 1 aromatic carbocycles. The molecule has 1 saturated carbocycles. The Morgan fingerprint density at radius 3 is 1.35 bits per heavy atom. The predicted octanol–water partition coefficient (Wildman–Crippen LogP) is 4.69. The van der Waals surface area contributed by atoms with Crippen molar-refractivity contribution in [3.63, 3.8) is 0 Å². The zero-order valence-corrected chi connectivity index (χ0v) is 22.5. The number of carbonyl (C=O) groups is 2. The summed E-state index contributed by atoms with van der Waals surface area (Å²) in [5, 5.41) is 0. The highest BCUT2D eigenvalue weighted by atomic mass is 19.2. The van der Waals surface area contributed by atoms with Gasteiger partial charge in [0.15, 0.2) is 0 Å². The van der Waals surface area contributed by atoms with Crippen LogP contribution in [-0.4, -0.2) is 77.8 Å². The van der Waals surface area contributed by atoms with Crippen molar-refractivity contribution in [2.45, 2.75) is 51.4 Å². The van der Waals surface area contributed by atoms with Gasteiger partial charge in [0.2, 0.25) is 34.8 Å². The van der Waals surface area contributed by atoms with Gasteiger partial charge in [0.25, 0.3) is 0 Å². The van der Waals surface area contributed by atoms with Gasteiger partial charge in [0.1, 0.15) is 5.78 Å². The Kier molecular flexibility index (Phi) is 16.8. The largest absolute Gasteiger partial charge is 0.420 e. The average Bonchev–Trinajstić information content (AvgIpc) is 3.24. The van der Waals surface area contributed by atoms with Crippen molar-refractivity contribution in [2.24, 2.45) is 5.92 Å². The molecule has 0 atom stereocenters. The quantitative estimate of drug-likeness (QED) is 0.0415. The lowest BCUT2D eigenvalue weighted by Gasteiger charge is -2.12. The Balaban J connectivity index is 1.35. The summed E-state index contributed by atoms with van der Waals surface area (Å²) >= 11 is 0. The van der Waals surface area contributed by atoms with Gasteiger partial charge in [-0.1, -0.05) is 25.7 Å². The van der Waals surface area contributed by atoms with Crippen LogP contribution in [0.1, 0.15) is 51.4 Å². The Morgan fingerprint density at radius 2 is 0.900 bits per heavy atom. The van der Waals surface area contributed by atoms with Crippen LogP contribution in [0, 0.1) is 35.0 Å². The molecule has 8 nitrogen and oxygen atoms in total. The van der Waals surface area contributed by atoms with Crippen molar-refractivity contribution in [3.05, 3.63) is 29.1 Å². The van der Waals surface area contributed by atoms with Gasteiger partial charge in [-0.25, -0.2) is 13.2 Å². The molecular weight excluding hydrogens is 547 g/mol. The summed E-state index contributed by atoms with van der Waals surface area (Å²) in [6.45, 7) is 2.63. The normalized spacial score (nSPS) is 14.3. The zero-order valence-electron chi connectivity index (χ0n) is 22.5. The monoisotopic (exact) mass is 584 g/mol. The molecule has 0 bridgehead atoms. The SMILES string of the molecule is O=C(CCOCCOCCOCCOCCOCCC(=O)C1CCCCCC1)Oc1c(F)c(F)c(F)c(F)c1F. The van der Waals surface area contributed by atoms with Crippen LogP contribution in [0.15, 0.2) is 0 Å². The molecule has 0 radical (unpaired) electrons. The second kappa shape index (κ2) is 19.8. The highest BCUT2D eigenvalue weighted by molar-refractivity contribution is 5.81. The molecule has 0 amide bonds. The molecule has 0 spiro atoms. The molecule has 40 heavy (non-hydrogen) atoms. The molecule has 0 saturated heterocycles. The zero-order chi connectivity index (χ0) is 29.2. The molecule has 1 aliphatic rings. The number of hydrogen-bond acceptors (Lipinski definition) is 8. The van der Waals surface area contributed by atoms with E-state index < -0.39 is 47.2 Å². The minimum Gasteiger partial charge on any atom is -0.420 e. The number of hydrogen-bond donors (Lipinski definition) is 0. The lowest BCUT2D eigenvalue weighted by atomic mass is 9.94. The maximum Gasteiger partial charge on any atom is 0.313 e. The molecule has 0 aromatic heterocycles. The van der Waals surface area contributed by atoms with Gasteiger partial charge < -0.3 is 28.4 Å². The number of benzene rings is 1. The summed E-state index contributed by atoms with van der Waals surface area (Å²) in [5.41, 5.74) is 0. The number of carbonyl (C=O) groups excluding carboxylic acids is 2. The second-order valence-electron chi connectivity index (χ2n) is 9.09. The fourth-order valence-electron chi connectivity index (χ4n) is 3.95. The summed E-state index contributed by atoms with van der Waals surface area (Å²) in [4.78, 5) is 23.8. The predicted molar refractivity (Wildman–Crippen MR) is 131 cm³/mol. The Labute approximate surface area is 230 Å². The molecule has 2 rings (SSSR count). The first-order valence-electron chi connectivity index (χ1n) is 13.5. The van der Waals surface area contributed by atoms with Crippen LogP contribution in [0.4, 0.5) is 22.0 Å². The number of Topliss-reactive ketones (excluding diaryl/α,β-unsaturated/α-hetero) is 1. The molecule has 13 heteroatoms. The van der Waals surface area contributed by atoms with Gasteiger partial charge in [-0.05, 0) is 12.8 Å². The Bertz CT molecular complexity index is 880. The van der Waals surface area contributed by atoms with Crippen LogP contribution in [-0.2, 0) is 33.3 Å². The van der Waals surface area contributed by atoms with E-state index in [1.807, 2.05) is 0 Å². The first-order chi connectivity index (χ1) is 19.3. The Hall–Kier alpha value is -2.19. The standard InChI is InChI=1S/C27H37F5O8/c28-22-23(29)25(31)27(26(32)24(22)30)40-21(34)8-10-36-12-14-38-16-18-39-17-15-37-13-11-35-9-7-20(33)19-5-3-1-2-4-6-19/h19H,1-18H2. The lowest BCUT2D eigenvalue weighted by Crippen LogP contribution is -2.17. The van der Waals surface area contributed by atoms with Crippen LogP contribution in [0.25, 0.3) is 0 Å². The van der Waals surface area contributed by atoms with Gasteiger partial charge in [0.05, 0.1) is 72.5 Å². The number of halogens is 5. The minimum absolute atomic E-state index is 0.0885. The molecule has 228 valence electrons. The highest BCUT2D eigenvalue weighted by Gasteiger charge is 2.28. The van der Waals surface area contributed by atoms with Gasteiger partial charge in [-0.3, -0.25) is 9.59 Å². The number of ether oxygens (including phenoxy) is 6. The maximum atomic E-state index is 13.5. The van der Waals surface area contributed by atoms with E-state index in [0.29, 0.717) is 51.8 Å². The van der Waals surface area contributed by atoms with Crippen molar-refractivity contribution in [2.75, 3.05) is 66.1 Å². The topological polar surface area (TPSA) is 89.5 Å². The molecule has 1 fully saturated rings. The molecule has 0 aliphatic heterocycles. The highest BCUT2D eigenvalue weighted by Crippen LogP contribution is 2.29. The van der Waals surface area contributed by atoms with E-state index in [0.717, 1.165) is 25.7 Å². The summed E-state index contributed by atoms with van der Waals surface area (Å²) in [6.07, 6.45) is 6.71. The van der Waals surface area contributed by atoms with E-state index in [1.165, 1.54) is 12.8 Å². The van der Waals surface area contributed by atoms with E-state index in [4.69, 9.17) is 23.7 Å². The van der Waals surface area contributed by atoms with Crippen molar-refractivity contribution in [1.82, 2.24) is 0 Å². The summed E-state index contributed by atoms with van der Waals surface area (Å²) in [6, 6.07) is 0. The number of ketones is 1. The third kappa shape index (κ3) is 12.5. The minimum atomic E-state index is -2.34. The van der Waals surface area contributed by atoms with E-state index >= 15 is 0 Å². The third-order valence-corrected chi connectivity index (χ3v) is 6.13. The third-order valence-electron chi connectivity index (χ3n) is 6.13. The Morgan fingerprint density at radius 1 is 0.525 bits per heavy atom. The molecule has 0 heterocycles. The van der Waals surface area contributed by atoms with E-state index in [9.17, 15) is 31.5 Å². The van der Waals surface area contributed by atoms with Crippen molar-refractivity contribution in [1.29, 1.82) is 0 Å². The van der Waals surface area contributed by atoms with E-state index in [-0.39, 0.29) is 32.3 Å². The first-order valence-corrected chi connectivity index (χ1v) is 13.5. The van der Waals surface area contributed by atoms with E-state index in [1.54, 1.807) is 0 Å². The van der Waals surface area contributed by atoms with Gasteiger partial charge >= 0.3 is 5.97 Å². The smallest absolute Gasteiger partial charge is 0.313 e. The fraction of sp³-hybridized carbons (Fsp3) is 0.704. The maximum absolute atomic E-state index is 13.5. The lowest BCUT2D eigenvalue weighted by molar-refractivity contribution is -0.136. The molecule has 0 N–H and O–H groups in total. The van der Waals surface area contributed by atoms with Crippen LogP contribution in [0.3, 0.4) is 0 Å².